The molecule has 38 heavy (non-hydrogen) atoms. The summed E-state index contributed by atoms with van der Waals surface area (Å²) < 4.78 is 7.50. The Hall–Kier alpha value is -3.09. The van der Waals surface area contributed by atoms with Crippen LogP contribution in [0.4, 0.5) is 5.82 Å². The minimum atomic E-state index is -0.248. The van der Waals surface area contributed by atoms with Crippen LogP contribution in [0.2, 0.25) is 0 Å². The van der Waals surface area contributed by atoms with Crippen LogP contribution >= 0.6 is 24.0 Å². The van der Waals surface area contributed by atoms with Gasteiger partial charge in [0.1, 0.15) is 27.5 Å². The van der Waals surface area contributed by atoms with Gasteiger partial charge in [-0.25, -0.2) is 0 Å². The van der Waals surface area contributed by atoms with Crippen LogP contribution in [0, 0.1) is 18.3 Å². The van der Waals surface area contributed by atoms with E-state index in [0.29, 0.717) is 27.9 Å². The third-order valence-electron chi connectivity index (χ3n) is 7.14. The van der Waals surface area contributed by atoms with E-state index < -0.39 is 0 Å². The summed E-state index contributed by atoms with van der Waals surface area (Å²) in [5, 5.41) is 9.91. The number of aromatic nitrogens is 1. The van der Waals surface area contributed by atoms with Crippen molar-refractivity contribution < 1.29 is 9.53 Å². The van der Waals surface area contributed by atoms with Crippen LogP contribution in [-0.2, 0) is 17.9 Å². The SMILES string of the molecule is CCCCn1c(N2CCCCCC2)c(/C=C2/SC(=S)N(Cc3ccc(OC)cc3)C2=O)c(C)c(C#N)c1=O. The van der Waals surface area contributed by atoms with Crippen molar-refractivity contribution in [3.8, 4) is 11.8 Å². The van der Waals surface area contributed by atoms with Gasteiger partial charge in [0.25, 0.3) is 11.5 Å². The van der Waals surface area contributed by atoms with Gasteiger partial charge in [0.05, 0.1) is 18.6 Å². The lowest BCUT2D eigenvalue weighted by atomic mass is 10.0. The molecule has 4 rings (SSSR count). The zero-order valence-corrected chi connectivity index (χ0v) is 23.9. The van der Waals surface area contributed by atoms with Crippen LogP contribution < -0.4 is 15.2 Å². The van der Waals surface area contributed by atoms with Crippen molar-refractivity contribution in [2.45, 2.75) is 65.5 Å². The van der Waals surface area contributed by atoms with E-state index in [1.807, 2.05) is 37.3 Å². The number of carbonyl (C=O) groups is 1. The van der Waals surface area contributed by atoms with Gasteiger partial charge in [-0.2, -0.15) is 5.26 Å². The van der Waals surface area contributed by atoms with Gasteiger partial charge in [-0.3, -0.25) is 19.1 Å². The number of methoxy groups -OCH3 is 1. The van der Waals surface area contributed by atoms with Crippen LogP contribution in [0.5, 0.6) is 5.75 Å². The van der Waals surface area contributed by atoms with E-state index in [-0.39, 0.29) is 17.0 Å². The number of amides is 1. The maximum atomic E-state index is 13.6. The molecular weight excluding hydrogens is 516 g/mol. The molecule has 1 amide bonds. The summed E-state index contributed by atoms with van der Waals surface area (Å²) in [7, 11) is 1.62. The molecule has 0 aliphatic carbocycles. The molecule has 0 radical (unpaired) electrons. The molecule has 2 fully saturated rings. The summed E-state index contributed by atoms with van der Waals surface area (Å²) in [4.78, 5) is 31.4. The lowest BCUT2D eigenvalue weighted by Gasteiger charge is -2.29. The zero-order chi connectivity index (χ0) is 27.2. The molecule has 0 unspecified atom stereocenters. The fourth-order valence-electron chi connectivity index (χ4n) is 4.97. The molecule has 0 saturated carbocycles. The molecule has 0 atom stereocenters. The lowest BCUT2D eigenvalue weighted by Crippen LogP contribution is -2.35. The van der Waals surface area contributed by atoms with Gasteiger partial charge in [0, 0.05) is 25.2 Å². The van der Waals surface area contributed by atoms with Crippen molar-refractivity contribution in [3.63, 3.8) is 0 Å². The molecule has 0 bridgehead atoms. The summed E-state index contributed by atoms with van der Waals surface area (Å²) >= 11 is 6.87. The number of carbonyl (C=O) groups excluding carboxylic acids is 1. The Morgan fingerprint density at radius 2 is 1.82 bits per heavy atom. The molecular formula is C29H34N4O3S2. The highest BCUT2D eigenvalue weighted by atomic mass is 32.2. The van der Waals surface area contributed by atoms with Gasteiger partial charge in [0.15, 0.2) is 0 Å². The number of rotatable bonds is 8. The number of hydrogen-bond donors (Lipinski definition) is 0. The van der Waals surface area contributed by atoms with Gasteiger partial charge in [-0.1, -0.05) is 62.3 Å². The summed E-state index contributed by atoms with van der Waals surface area (Å²) in [6.07, 6.45) is 8.02. The van der Waals surface area contributed by atoms with Crippen molar-refractivity contribution in [2.75, 3.05) is 25.1 Å². The second-order valence-corrected chi connectivity index (χ2v) is 11.4. The van der Waals surface area contributed by atoms with E-state index in [4.69, 9.17) is 17.0 Å². The van der Waals surface area contributed by atoms with Crippen molar-refractivity contribution in [1.29, 1.82) is 5.26 Å². The van der Waals surface area contributed by atoms with Gasteiger partial charge in [-0.05, 0) is 55.5 Å². The predicted molar refractivity (Wildman–Crippen MR) is 157 cm³/mol. The van der Waals surface area contributed by atoms with Gasteiger partial charge >= 0.3 is 0 Å². The molecule has 2 aliphatic heterocycles. The average Bonchev–Trinajstić information content (AvgIpc) is 3.09. The van der Waals surface area contributed by atoms with Crippen LogP contribution in [0.3, 0.4) is 0 Å². The number of ether oxygens (including phenoxy) is 1. The Labute approximate surface area is 234 Å². The maximum Gasteiger partial charge on any atom is 0.270 e. The minimum Gasteiger partial charge on any atom is -0.497 e. The standard InChI is InChI=1S/C29H34N4O3S2/c1-4-5-16-32-26(31-14-8-6-7-9-15-31)23(20(2)24(18-30)27(32)34)17-25-28(35)33(29(37)38-25)19-21-10-12-22(36-3)13-11-21/h10-13,17H,4-9,14-16,19H2,1-3H3/b25-17+. The molecule has 2 saturated heterocycles. The van der Waals surface area contributed by atoms with E-state index in [0.717, 1.165) is 74.3 Å². The Morgan fingerprint density at radius 3 is 2.42 bits per heavy atom. The van der Waals surface area contributed by atoms with Crippen LogP contribution in [0.25, 0.3) is 6.08 Å². The molecule has 0 N–H and O–H groups in total. The number of nitriles is 1. The quantitative estimate of drug-likeness (QED) is 0.312. The highest BCUT2D eigenvalue weighted by molar-refractivity contribution is 8.26. The number of thiocarbonyl (C=S) groups is 1. The number of unbranched alkanes of at least 4 members (excludes halogenated alkanes) is 1. The van der Waals surface area contributed by atoms with Crippen molar-refractivity contribution in [3.05, 3.63) is 61.8 Å². The van der Waals surface area contributed by atoms with E-state index in [1.54, 1.807) is 16.6 Å². The molecule has 3 heterocycles. The van der Waals surface area contributed by atoms with Crippen molar-refractivity contribution in [1.82, 2.24) is 9.47 Å². The molecule has 200 valence electrons. The van der Waals surface area contributed by atoms with Gasteiger partial charge in [0.2, 0.25) is 0 Å². The van der Waals surface area contributed by atoms with Crippen molar-refractivity contribution in [2.24, 2.45) is 0 Å². The van der Waals surface area contributed by atoms with E-state index in [1.165, 1.54) is 11.8 Å². The first-order valence-electron chi connectivity index (χ1n) is 13.2. The Bertz CT molecular complexity index is 1330. The zero-order valence-electron chi connectivity index (χ0n) is 22.3. The highest BCUT2D eigenvalue weighted by Gasteiger charge is 2.33. The van der Waals surface area contributed by atoms with E-state index >= 15 is 0 Å². The Kier molecular flexibility index (Phi) is 9.29. The number of nitrogens with zero attached hydrogens (tertiary/aromatic N) is 4. The first kappa shape index (κ1) is 27.9. The van der Waals surface area contributed by atoms with E-state index in [9.17, 15) is 14.9 Å². The average molecular weight is 551 g/mol. The van der Waals surface area contributed by atoms with Crippen LogP contribution in [0.15, 0.2) is 34.0 Å². The first-order valence-corrected chi connectivity index (χ1v) is 14.4. The van der Waals surface area contributed by atoms with Crippen LogP contribution in [0.1, 0.15) is 67.7 Å². The number of pyridine rings is 1. The summed E-state index contributed by atoms with van der Waals surface area (Å²) in [6.45, 7) is 6.49. The minimum absolute atomic E-state index is 0.139. The Balaban J connectivity index is 1.79. The topological polar surface area (TPSA) is 78.6 Å². The lowest BCUT2D eigenvalue weighted by molar-refractivity contribution is -0.122. The molecule has 2 aromatic rings. The maximum absolute atomic E-state index is 13.6. The fraction of sp³-hybridized carbons (Fsp3) is 0.448. The summed E-state index contributed by atoms with van der Waals surface area (Å²) in [5.41, 5.74) is 2.22. The second-order valence-electron chi connectivity index (χ2n) is 9.68. The first-order chi connectivity index (χ1) is 18.4. The second kappa shape index (κ2) is 12.6. The summed E-state index contributed by atoms with van der Waals surface area (Å²) in [5.74, 6) is 1.41. The predicted octanol–water partition coefficient (Wildman–Crippen LogP) is 5.62. The monoisotopic (exact) mass is 550 g/mol. The molecule has 9 heteroatoms. The smallest absolute Gasteiger partial charge is 0.270 e. The largest absolute Gasteiger partial charge is 0.497 e. The van der Waals surface area contributed by atoms with Crippen LogP contribution in [-0.4, -0.2) is 39.9 Å². The molecule has 2 aliphatic rings. The number of hydrogen-bond acceptors (Lipinski definition) is 7. The van der Waals surface area contributed by atoms with Gasteiger partial charge < -0.3 is 9.64 Å². The Morgan fingerprint density at radius 1 is 1.13 bits per heavy atom. The fourth-order valence-corrected chi connectivity index (χ4v) is 6.21. The summed E-state index contributed by atoms with van der Waals surface area (Å²) in [6, 6.07) is 9.71. The third kappa shape index (κ3) is 5.82. The normalized spacial score (nSPS) is 17.2. The molecule has 1 aromatic carbocycles. The van der Waals surface area contributed by atoms with Gasteiger partial charge in [-0.15, -0.1) is 0 Å². The third-order valence-corrected chi connectivity index (χ3v) is 8.51. The van der Waals surface area contributed by atoms with Crippen molar-refractivity contribution >= 4 is 46.1 Å². The molecule has 1 aromatic heterocycles. The highest BCUT2D eigenvalue weighted by Crippen LogP contribution is 2.37. The molecule has 7 nitrogen and oxygen atoms in total. The molecule has 0 spiro atoms. The number of anilines is 1. The number of benzene rings is 1. The number of thioether (sulfide) groups is 1. The van der Waals surface area contributed by atoms with E-state index in [2.05, 4.69) is 17.9 Å².